The summed E-state index contributed by atoms with van der Waals surface area (Å²) in [5.74, 6) is 0.878. The molecule has 0 amide bonds. The van der Waals surface area contributed by atoms with Crippen LogP contribution in [0.2, 0.25) is 0 Å². The predicted molar refractivity (Wildman–Crippen MR) is 75.8 cm³/mol. The van der Waals surface area contributed by atoms with Crippen molar-refractivity contribution in [3.05, 3.63) is 48.0 Å². The third-order valence-electron chi connectivity index (χ3n) is 5.08. The quantitative estimate of drug-likeness (QED) is 0.843. The minimum absolute atomic E-state index is 0.457. The van der Waals surface area contributed by atoms with E-state index in [1.807, 2.05) is 0 Å². The van der Waals surface area contributed by atoms with Crippen LogP contribution in [-0.4, -0.2) is 12.6 Å². The highest BCUT2D eigenvalue weighted by atomic mass is 15.0. The Hall–Kier alpha value is -1.34. The number of nitrogens with one attached hydrogen (secondary N) is 1. The lowest BCUT2D eigenvalue weighted by Gasteiger charge is -2.23. The summed E-state index contributed by atoms with van der Waals surface area (Å²) < 4.78 is 0. The fraction of sp³-hybridized carbons (Fsp3) is 0.412. The van der Waals surface area contributed by atoms with Crippen LogP contribution in [-0.2, 0) is 5.41 Å². The van der Waals surface area contributed by atoms with Crippen LogP contribution < -0.4 is 5.32 Å². The zero-order valence-electron chi connectivity index (χ0n) is 10.8. The van der Waals surface area contributed by atoms with Crippen molar-refractivity contribution in [1.82, 2.24) is 5.32 Å². The SMILES string of the molecule is CCC1NC[C@H]2C[C@@]12c1ccc2ccccc2c1. The molecule has 92 valence electrons. The molecule has 1 unspecified atom stereocenters. The molecule has 2 aromatic rings. The van der Waals surface area contributed by atoms with Gasteiger partial charge in [0.1, 0.15) is 0 Å². The second kappa shape index (κ2) is 3.58. The van der Waals surface area contributed by atoms with Gasteiger partial charge in [0.15, 0.2) is 0 Å². The van der Waals surface area contributed by atoms with E-state index in [4.69, 9.17) is 0 Å². The van der Waals surface area contributed by atoms with Crippen LogP contribution in [0.1, 0.15) is 25.3 Å². The summed E-state index contributed by atoms with van der Waals surface area (Å²) in [5, 5.41) is 6.43. The number of rotatable bonds is 2. The Morgan fingerprint density at radius 1 is 1.17 bits per heavy atom. The smallest absolute Gasteiger partial charge is 0.0165 e. The second-order valence-corrected chi connectivity index (χ2v) is 5.87. The van der Waals surface area contributed by atoms with Gasteiger partial charge in [-0.2, -0.15) is 0 Å². The first-order valence-electron chi connectivity index (χ1n) is 7.07. The molecule has 0 bridgehead atoms. The molecular formula is C17H19N. The molecule has 2 aromatic carbocycles. The van der Waals surface area contributed by atoms with Gasteiger partial charge in [-0.1, -0.05) is 49.4 Å². The molecule has 4 rings (SSSR count). The topological polar surface area (TPSA) is 12.0 Å². The lowest BCUT2D eigenvalue weighted by atomic mass is 9.85. The fourth-order valence-electron chi connectivity index (χ4n) is 4.04. The predicted octanol–water partition coefficient (Wildman–Crippen LogP) is 3.48. The minimum atomic E-state index is 0.457. The van der Waals surface area contributed by atoms with E-state index >= 15 is 0 Å². The molecule has 1 saturated heterocycles. The highest BCUT2D eigenvalue weighted by Crippen LogP contribution is 2.60. The summed E-state index contributed by atoms with van der Waals surface area (Å²) in [5.41, 5.74) is 2.02. The summed E-state index contributed by atoms with van der Waals surface area (Å²) in [6.45, 7) is 3.52. The van der Waals surface area contributed by atoms with Crippen molar-refractivity contribution in [2.45, 2.75) is 31.2 Å². The Balaban J connectivity index is 1.83. The van der Waals surface area contributed by atoms with Crippen molar-refractivity contribution in [2.75, 3.05) is 6.54 Å². The third kappa shape index (κ3) is 1.26. The normalized spacial score (nSPS) is 33.6. The largest absolute Gasteiger partial charge is 0.313 e. The molecule has 1 nitrogen and oxygen atoms in total. The standard InChI is InChI=1S/C17H19N/c1-2-16-17(10-15(17)11-18-16)14-8-7-12-5-3-4-6-13(12)9-14/h3-9,15-16,18H,2,10-11H2,1H3/t15-,16?,17+/m1/s1. The Morgan fingerprint density at radius 3 is 2.78 bits per heavy atom. The van der Waals surface area contributed by atoms with Gasteiger partial charge in [0.2, 0.25) is 0 Å². The number of benzene rings is 2. The third-order valence-corrected chi connectivity index (χ3v) is 5.08. The van der Waals surface area contributed by atoms with Crippen molar-refractivity contribution in [2.24, 2.45) is 5.92 Å². The van der Waals surface area contributed by atoms with Gasteiger partial charge in [-0.3, -0.25) is 0 Å². The highest BCUT2D eigenvalue weighted by Gasteiger charge is 2.62. The molecule has 1 aliphatic carbocycles. The monoisotopic (exact) mass is 237 g/mol. The maximum Gasteiger partial charge on any atom is 0.0165 e. The molecule has 1 heteroatoms. The van der Waals surface area contributed by atoms with Gasteiger partial charge in [-0.25, -0.2) is 0 Å². The van der Waals surface area contributed by atoms with Crippen LogP contribution in [0.5, 0.6) is 0 Å². The zero-order chi connectivity index (χ0) is 12.2. The average Bonchev–Trinajstić information content (AvgIpc) is 3.06. The molecule has 0 aromatic heterocycles. The van der Waals surface area contributed by atoms with Gasteiger partial charge >= 0.3 is 0 Å². The lowest BCUT2D eigenvalue weighted by molar-refractivity contribution is 0.469. The molecule has 1 N–H and O–H groups in total. The van der Waals surface area contributed by atoms with Gasteiger partial charge in [-0.15, -0.1) is 0 Å². The van der Waals surface area contributed by atoms with Crippen LogP contribution in [0.3, 0.4) is 0 Å². The molecule has 0 spiro atoms. The zero-order valence-corrected chi connectivity index (χ0v) is 10.8. The first kappa shape index (κ1) is 10.6. The number of hydrogen-bond acceptors (Lipinski definition) is 1. The van der Waals surface area contributed by atoms with Crippen molar-refractivity contribution in [1.29, 1.82) is 0 Å². The van der Waals surface area contributed by atoms with E-state index in [9.17, 15) is 0 Å². The Bertz CT molecular complexity index is 603. The van der Waals surface area contributed by atoms with Gasteiger partial charge in [0.05, 0.1) is 0 Å². The number of hydrogen-bond donors (Lipinski definition) is 1. The molecule has 3 atom stereocenters. The van der Waals surface area contributed by atoms with E-state index in [-0.39, 0.29) is 0 Å². The molecule has 1 heterocycles. The van der Waals surface area contributed by atoms with E-state index in [1.54, 1.807) is 5.56 Å². The molecule has 2 aliphatic rings. The summed E-state index contributed by atoms with van der Waals surface area (Å²) in [7, 11) is 0. The average molecular weight is 237 g/mol. The van der Waals surface area contributed by atoms with Crippen LogP contribution in [0, 0.1) is 5.92 Å². The maximum atomic E-state index is 3.69. The lowest BCUT2D eigenvalue weighted by Crippen LogP contribution is -2.33. The highest BCUT2D eigenvalue weighted by molar-refractivity contribution is 5.83. The fourth-order valence-corrected chi connectivity index (χ4v) is 4.04. The number of piperidine rings is 1. The molecule has 1 saturated carbocycles. The molecule has 18 heavy (non-hydrogen) atoms. The van der Waals surface area contributed by atoms with Crippen molar-refractivity contribution in [3.63, 3.8) is 0 Å². The van der Waals surface area contributed by atoms with E-state index < -0.39 is 0 Å². The van der Waals surface area contributed by atoms with Crippen molar-refractivity contribution in [3.8, 4) is 0 Å². The number of fused-ring (bicyclic) bond motifs is 2. The van der Waals surface area contributed by atoms with Gasteiger partial charge in [0, 0.05) is 11.5 Å². The van der Waals surface area contributed by atoms with E-state index in [1.165, 1.54) is 30.2 Å². The first-order valence-corrected chi connectivity index (χ1v) is 7.07. The van der Waals surface area contributed by atoms with Crippen molar-refractivity contribution < 1.29 is 0 Å². The van der Waals surface area contributed by atoms with Crippen LogP contribution >= 0.6 is 0 Å². The van der Waals surface area contributed by atoms with E-state index in [0.29, 0.717) is 11.5 Å². The van der Waals surface area contributed by atoms with E-state index in [2.05, 4.69) is 54.7 Å². The van der Waals surface area contributed by atoms with Crippen LogP contribution in [0.4, 0.5) is 0 Å². The summed E-state index contributed by atoms with van der Waals surface area (Å²) in [6.07, 6.45) is 2.63. The van der Waals surface area contributed by atoms with Gasteiger partial charge in [0.25, 0.3) is 0 Å². The Labute approximate surface area is 108 Å². The van der Waals surface area contributed by atoms with Crippen LogP contribution in [0.25, 0.3) is 10.8 Å². The molecule has 1 aliphatic heterocycles. The van der Waals surface area contributed by atoms with Gasteiger partial charge < -0.3 is 5.32 Å². The molecule has 2 fully saturated rings. The van der Waals surface area contributed by atoms with Crippen LogP contribution in [0.15, 0.2) is 42.5 Å². The summed E-state index contributed by atoms with van der Waals surface area (Å²) in [4.78, 5) is 0. The Kier molecular flexibility index (Phi) is 2.10. The van der Waals surface area contributed by atoms with Crippen molar-refractivity contribution >= 4 is 10.8 Å². The summed E-state index contributed by atoms with van der Waals surface area (Å²) >= 11 is 0. The summed E-state index contributed by atoms with van der Waals surface area (Å²) in [6, 6.07) is 16.4. The minimum Gasteiger partial charge on any atom is -0.313 e. The molecular weight excluding hydrogens is 218 g/mol. The Morgan fingerprint density at radius 2 is 2.00 bits per heavy atom. The first-order chi connectivity index (χ1) is 8.84. The van der Waals surface area contributed by atoms with Gasteiger partial charge in [-0.05, 0) is 41.6 Å². The second-order valence-electron chi connectivity index (χ2n) is 5.87. The maximum absolute atomic E-state index is 3.69. The molecule has 0 radical (unpaired) electrons. The van der Waals surface area contributed by atoms with E-state index in [0.717, 1.165) is 5.92 Å².